The van der Waals surface area contributed by atoms with Gasteiger partial charge in [-0.2, -0.15) is 0 Å². The van der Waals surface area contributed by atoms with Gasteiger partial charge in [0.15, 0.2) is 0 Å². The van der Waals surface area contributed by atoms with Gasteiger partial charge < -0.3 is 4.90 Å². The lowest BCUT2D eigenvalue weighted by atomic mass is 10.2. The molecule has 0 unspecified atom stereocenters. The van der Waals surface area contributed by atoms with Crippen molar-refractivity contribution in [3.8, 4) is 10.6 Å². The molecule has 0 atom stereocenters. The molecule has 0 saturated carbocycles. The van der Waals surface area contributed by atoms with Gasteiger partial charge in [0.05, 0.1) is 5.69 Å². The van der Waals surface area contributed by atoms with Gasteiger partial charge in [0, 0.05) is 17.5 Å². The molecule has 0 aliphatic heterocycles. The highest BCUT2D eigenvalue weighted by Gasteiger charge is 2.04. The van der Waals surface area contributed by atoms with E-state index in [0.717, 1.165) is 17.2 Å². The van der Waals surface area contributed by atoms with Gasteiger partial charge in [0.1, 0.15) is 5.01 Å². The first-order chi connectivity index (χ1) is 7.65. The van der Waals surface area contributed by atoms with Crippen molar-refractivity contribution in [1.29, 1.82) is 0 Å². The van der Waals surface area contributed by atoms with Crippen LogP contribution in [0.3, 0.4) is 0 Å². The first-order valence-electron chi connectivity index (χ1n) is 5.31. The Morgan fingerprint density at radius 2 is 1.88 bits per heavy atom. The molecule has 1 aromatic carbocycles. The molecule has 0 saturated heterocycles. The summed E-state index contributed by atoms with van der Waals surface area (Å²) in [5, 5.41) is 3.24. The van der Waals surface area contributed by atoms with Gasteiger partial charge in [-0.25, -0.2) is 4.98 Å². The molecule has 0 spiro atoms. The summed E-state index contributed by atoms with van der Waals surface area (Å²) < 4.78 is 0. The van der Waals surface area contributed by atoms with Crippen LogP contribution in [0.25, 0.3) is 10.6 Å². The van der Waals surface area contributed by atoms with E-state index in [1.54, 1.807) is 11.3 Å². The van der Waals surface area contributed by atoms with Crippen molar-refractivity contribution in [2.45, 2.75) is 13.5 Å². The quantitative estimate of drug-likeness (QED) is 0.808. The zero-order valence-electron chi connectivity index (χ0n) is 9.90. The monoisotopic (exact) mass is 232 g/mol. The first kappa shape index (κ1) is 11.3. The Bertz CT molecular complexity index is 457. The summed E-state index contributed by atoms with van der Waals surface area (Å²) in [6.07, 6.45) is 0. The molecule has 16 heavy (non-hydrogen) atoms. The summed E-state index contributed by atoms with van der Waals surface area (Å²) in [7, 11) is 4.12. The number of benzene rings is 1. The molecule has 84 valence electrons. The van der Waals surface area contributed by atoms with E-state index in [0.29, 0.717) is 0 Å². The van der Waals surface area contributed by atoms with Crippen molar-refractivity contribution >= 4 is 11.3 Å². The SMILES string of the molecule is Cc1ccc(-c2nc(CN(C)C)cs2)cc1. The summed E-state index contributed by atoms with van der Waals surface area (Å²) in [4.78, 5) is 6.76. The summed E-state index contributed by atoms with van der Waals surface area (Å²) in [6.45, 7) is 3.01. The molecule has 1 aromatic heterocycles. The lowest BCUT2D eigenvalue weighted by molar-refractivity contribution is 0.398. The minimum absolute atomic E-state index is 0.905. The van der Waals surface area contributed by atoms with Gasteiger partial charge in [-0.15, -0.1) is 11.3 Å². The van der Waals surface area contributed by atoms with E-state index in [1.165, 1.54) is 11.1 Å². The highest BCUT2D eigenvalue weighted by molar-refractivity contribution is 7.13. The number of hydrogen-bond acceptors (Lipinski definition) is 3. The predicted molar refractivity (Wildman–Crippen MR) is 69.7 cm³/mol. The van der Waals surface area contributed by atoms with Gasteiger partial charge in [-0.3, -0.25) is 0 Å². The molecule has 0 aliphatic carbocycles. The Kier molecular flexibility index (Phi) is 3.36. The van der Waals surface area contributed by atoms with Crippen LogP contribution in [0.4, 0.5) is 0 Å². The highest BCUT2D eigenvalue weighted by atomic mass is 32.1. The van der Waals surface area contributed by atoms with Crippen LogP contribution in [0.5, 0.6) is 0 Å². The maximum Gasteiger partial charge on any atom is 0.123 e. The van der Waals surface area contributed by atoms with Crippen molar-refractivity contribution < 1.29 is 0 Å². The zero-order valence-corrected chi connectivity index (χ0v) is 10.7. The minimum Gasteiger partial charge on any atom is -0.304 e. The second kappa shape index (κ2) is 4.76. The Balaban J connectivity index is 2.21. The van der Waals surface area contributed by atoms with Crippen LogP contribution in [0.1, 0.15) is 11.3 Å². The third kappa shape index (κ3) is 2.68. The van der Waals surface area contributed by atoms with Crippen LogP contribution in [0, 0.1) is 6.92 Å². The van der Waals surface area contributed by atoms with Crippen molar-refractivity contribution in [2.75, 3.05) is 14.1 Å². The fourth-order valence-electron chi connectivity index (χ4n) is 1.53. The fourth-order valence-corrected chi connectivity index (χ4v) is 2.35. The Morgan fingerprint density at radius 1 is 1.19 bits per heavy atom. The molecular weight excluding hydrogens is 216 g/mol. The molecule has 2 rings (SSSR count). The van der Waals surface area contributed by atoms with E-state index in [4.69, 9.17) is 0 Å². The average molecular weight is 232 g/mol. The van der Waals surface area contributed by atoms with E-state index in [1.807, 2.05) is 0 Å². The van der Waals surface area contributed by atoms with Crippen molar-refractivity contribution in [3.05, 3.63) is 40.9 Å². The highest BCUT2D eigenvalue weighted by Crippen LogP contribution is 2.24. The largest absolute Gasteiger partial charge is 0.304 e. The van der Waals surface area contributed by atoms with Crippen LogP contribution < -0.4 is 0 Å². The van der Waals surface area contributed by atoms with Crippen molar-refractivity contribution in [1.82, 2.24) is 9.88 Å². The summed E-state index contributed by atoms with van der Waals surface area (Å²) in [5.74, 6) is 0. The number of nitrogens with zero attached hydrogens (tertiary/aromatic N) is 2. The molecule has 0 radical (unpaired) electrons. The lowest BCUT2D eigenvalue weighted by Gasteiger charge is -2.05. The van der Waals surface area contributed by atoms with E-state index in [9.17, 15) is 0 Å². The standard InChI is InChI=1S/C13H16N2S/c1-10-4-6-11(7-5-10)13-14-12(9-16-13)8-15(2)3/h4-7,9H,8H2,1-3H3. The number of aromatic nitrogens is 1. The van der Waals surface area contributed by atoms with Crippen LogP contribution in [0.15, 0.2) is 29.6 Å². The summed E-state index contributed by atoms with van der Waals surface area (Å²) in [6, 6.07) is 8.52. The average Bonchev–Trinajstić information content (AvgIpc) is 2.66. The van der Waals surface area contributed by atoms with Crippen LogP contribution >= 0.6 is 11.3 Å². The number of thiazole rings is 1. The van der Waals surface area contributed by atoms with E-state index in [2.05, 4.69) is 60.5 Å². The van der Waals surface area contributed by atoms with Gasteiger partial charge >= 0.3 is 0 Å². The van der Waals surface area contributed by atoms with Gasteiger partial charge in [-0.1, -0.05) is 29.8 Å². The second-order valence-corrected chi connectivity index (χ2v) is 5.11. The van der Waals surface area contributed by atoms with Crippen LogP contribution in [0.2, 0.25) is 0 Å². The molecule has 2 aromatic rings. The summed E-state index contributed by atoms with van der Waals surface area (Å²) >= 11 is 1.71. The number of hydrogen-bond donors (Lipinski definition) is 0. The number of rotatable bonds is 3. The first-order valence-corrected chi connectivity index (χ1v) is 6.19. The molecule has 1 heterocycles. The molecule has 0 fully saturated rings. The molecule has 0 N–H and O–H groups in total. The molecule has 0 aliphatic rings. The minimum atomic E-state index is 0.905. The maximum absolute atomic E-state index is 4.63. The Labute approximate surface area is 101 Å². The van der Waals surface area contributed by atoms with E-state index in [-0.39, 0.29) is 0 Å². The molecule has 0 bridgehead atoms. The third-order valence-electron chi connectivity index (χ3n) is 2.33. The van der Waals surface area contributed by atoms with E-state index < -0.39 is 0 Å². The molecule has 3 heteroatoms. The Hall–Kier alpha value is -1.19. The van der Waals surface area contributed by atoms with Gasteiger partial charge in [0.25, 0.3) is 0 Å². The van der Waals surface area contributed by atoms with Crippen LogP contribution in [-0.4, -0.2) is 24.0 Å². The van der Waals surface area contributed by atoms with Crippen LogP contribution in [-0.2, 0) is 6.54 Å². The fraction of sp³-hybridized carbons (Fsp3) is 0.308. The molecule has 0 amide bonds. The van der Waals surface area contributed by atoms with E-state index >= 15 is 0 Å². The maximum atomic E-state index is 4.63. The smallest absolute Gasteiger partial charge is 0.123 e. The molecule has 2 nitrogen and oxygen atoms in total. The predicted octanol–water partition coefficient (Wildman–Crippen LogP) is 3.18. The van der Waals surface area contributed by atoms with Crippen molar-refractivity contribution in [3.63, 3.8) is 0 Å². The molecular formula is C13H16N2S. The normalized spacial score (nSPS) is 11.0. The number of aryl methyl sites for hydroxylation is 1. The topological polar surface area (TPSA) is 16.1 Å². The Morgan fingerprint density at radius 3 is 2.50 bits per heavy atom. The lowest BCUT2D eigenvalue weighted by Crippen LogP contribution is -2.10. The zero-order chi connectivity index (χ0) is 11.5. The van der Waals surface area contributed by atoms with Gasteiger partial charge in [-0.05, 0) is 21.0 Å². The van der Waals surface area contributed by atoms with Gasteiger partial charge in [0.2, 0.25) is 0 Å². The summed E-state index contributed by atoms with van der Waals surface area (Å²) in [5.41, 5.74) is 3.64. The second-order valence-electron chi connectivity index (χ2n) is 4.25. The van der Waals surface area contributed by atoms with Crippen molar-refractivity contribution in [2.24, 2.45) is 0 Å². The third-order valence-corrected chi connectivity index (χ3v) is 3.27.